The van der Waals surface area contributed by atoms with Crippen molar-refractivity contribution in [1.82, 2.24) is 0 Å². The minimum atomic E-state index is -0.146. The van der Waals surface area contributed by atoms with Crippen molar-refractivity contribution in [1.29, 1.82) is 0 Å². The summed E-state index contributed by atoms with van der Waals surface area (Å²) in [5, 5.41) is 3.59. The van der Waals surface area contributed by atoms with Gasteiger partial charge in [-0.25, -0.2) is 0 Å². The third-order valence-electron chi connectivity index (χ3n) is 2.19. The summed E-state index contributed by atoms with van der Waals surface area (Å²) >= 11 is 0. The molecule has 0 aliphatic heterocycles. The Morgan fingerprint density at radius 3 is 2.10 bits per heavy atom. The molecule has 0 radical (unpaired) electrons. The molecular weight excluding hydrogens is 142 g/mol. The van der Waals surface area contributed by atoms with Crippen molar-refractivity contribution in [2.45, 2.75) is 38.5 Å². The summed E-state index contributed by atoms with van der Waals surface area (Å²) in [5.74, 6) is 0. The van der Waals surface area contributed by atoms with Gasteiger partial charge in [-0.1, -0.05) is 20.4 Å². The fourth-order valence-corrected chi connectivity index (χ4v) is 2.30. The van der Waals surface area contributed by atoms with Crippen molar-refractivity contribution in [2.75, 3.05) is 0 Å². The molecule has 0 fully saturated rings. The van der Waals surface area contributed by atoms with Crippen LogP contribution in [0.4, 0.5) is 0 Å². The largest absolute Gasteiger partial charge is 0.395 e. The molecule has 60 valence electrons. The van der Waals surface area contributed by atoms with Crippen molar-refractivity contribution in [3.63, 3.8) is 0 Å². The normalized spacial score (nSPS) is 12.3. The van der Waals surface area contributed by atoms with E-state index >= 15 is 0 Å². The van der Waals surface area contributed by atoms with Gasteiger partial charge in [-0.2, -0.15) is 0 Å². The van der Waals surface area contributed by atoms with E-state index in [1.54, 1.807) is 0 Å². The summed E-state index contributed by atoms with van der Waals surface area (Å²) < 4.78 is 0. The van der Waals surface area contributed by atoms with Crippen LogP contribution in [0.2, 0.25) is 6.55 Å². The standard InChI is InChI=1S/C7H17NOSi/c1-5-7(6-2,10-4)9-8-3/h3,5-6,10H2,1-2,4H3. The second-order valence-corrected chi connectivity index (χ2v) is 4.46. The van der Waals surface area contributed by atoms with E-state index in [0.29, 0.717) is 0 Å². The molecule has 0 rings (SSSR count). The van der Waals surface area contributed by atoms with E-state index in [4.69, 9.17) is 4.84 Å². The molecule has 0 atom stereocenters. The molecule has 0 unspecified atom stereocenters. The molecule has 0 saturated heterocycles. The first-order chi connectivity index (χ1) is 4.74. The summed E-state index contributed by atoms with van der Waals surface area (Å²) in [6.45, 7) is 9.88. The van der Waals surface area contributed by atoms with Crippen LogP contribution in [0.3, 0.4) is 0 Å². The predicted molar refractivity (Wildman–Crippen MR) is 48.4 cm³/mol. The highest BCUT2D eigenvalue weighted by Crippen LogP contribution is 2.18. The first kappa shape index (κ1) is 9.69. The van der Waals surface area contributed by atoms with Crippen LogP contribution in [0.15, 0.2) is 5.16 Å². The first-order valence-electron chi connectivity index (χ1n) is 3.88. The zero-order chi connectivity index (χ0) is 8.04. The maximum Gasteiger partial charge on any atom is 0.117 e. The molecule has 0 aromatic rings. The van der Waals surface area contributed by atoms with Crippen LogP contribution in [0, 0.1) is 0 Å². The fourth-order valence-electron chi connectivity index (χ4n) is 1.08. The lowest BCUT2D eigenvalue weighted by atomic mass is 10.2. The minimum absolute atomic E-state index is 0.0851. The number of rotatable bonds is 5. The highest BCUT2D eigenvalue weighted by atomic mass is 28.2. The van der Waals surface area contributed by atoms with Gasteiger partial charge in [-0.3, -0.25) is 0 Å². The summed E-state index contributed by atoms with van der Waals surface area (Å²) in [7, 11) is -0.146. The summed E-state index contributed by atoms with van der Waals surface area (Å²) in [6, 6.07) is 0. The number of hydrogen-bond acceptors (Lipinski definition) is 2. The van der Waals surface area contributed by atoms with Gasteiger partial charge in [0, 0.05) is 6.72 Å². The van der Waals surface area contributed by atoms with E-state index in [2.05, 4.69) is 32.3 Å². The van der Waals surface area contributed by atoms with Gasteiger partial charge >= 0.3 is 0 Å². The van der Waals surface area contributed by atoms with Crippen molar-refractivity contribution in [3.8, 4) is 0 Å². The van der Waals surface area contributed by atoms with E-state index in [-0.39, 0.29) is 14.7 Å². The molecule has 0 aliphatic rings. The van der Waals surface area contributed by atoms with E-state index in [9.17, 15) is 0 Å². The quantitative estimate of drug-likeness (QED) is 0.337. The highest BCUT2D eigenvalue weighted by molar-refractivity contribution is 6.37. The van der Waals surface area contributed by atoms with Gasteiger partial charge in [0.25, 0.3) is 0 Å². The molecule has 10 heavy (non-hydrogen) atoms. The molecule has 0 aromatic carbocycles. The smallest absolute Gasteiger partial charge is 0.117 e. The molecule has 0 amide bonds. The molecule has 0 saturated carbocycles. The van der Waals surface area contributed by atoms with Crippen LogP contribution >= 0.6 is 0 Å². The Morgan fingerprint density at radius 1 is 1.50 bits per heavy atom. The third kappa shape index (κ3) is 2.14. The van der Waals surface area contributed by atoms with Crippen molar-refractivity contribution in [3.05, 3.63) is 0 Å². The van der Waals surface area contributed by atoms with E-state index < -0.39 is 0 Å². The number of oxime groups is 1. The average molecular weight is 159 g/mol. The third-order valence-corrected chi connectivity index (χ3v) is 4.61. The minimum Gasteiger partial charge on any atom is -0.395 e. The monoisotopic (exact) mass is 159 g/mol. The lowest BCUT2D eigenvalue weighted by Crippen LogP contribution is -2.34. The van der Waals surface area contributed by atoms with E-state index in [1.165, 1.54) is 0 Å². The molecule has 0 spiro atoms. The number of hydrogen-bond donors (Lipinski definition) is 0. The maximum atomic E-state index is 5.25. The average Bonchev–Trinajstić information content (AvgIpc) is 2.01. The zero-order valence-electron chi connectivity index (χ0n) is 7.18. The Labute approximate surface area is 65.5 Å². The molecule has 0 aliphatic carbocycles. The fraction of sp³-hybridized carbons (Fsp3) is 0.857. The molecule has 2 nitrogen and oxygen atoms in total. The SMILES string of the molecule is C=NOC(CC)(CC)[SiH2]C. The molecule has 0 heterocycles. The molecule has 0 N–H and O–H groups in total. The second kappa shape index (κ2) is 4.49. The Morgan fingerprint density at radius 2 is 2.00 bits per heavy atom. The van der Waals surface area contributed by atoms with Crippen LogP contribution in [-0.2, 0) is 4.84 Å². The molecule has 0 aromatic heterocycles. The van der Waals surface area contributed by atoms with Gasteiger partial charge in [0.2, 0.25) is 0 Å². The van der Waals surface area contributed by atoms with Gasteiger partial charge in [0.1, 0.15) is 5.22 Å². The van der Waals surface area contributed by atoms with Gasteiger partial charge in [0.15, 0.2) is 0 Å². The molecular formula is C7H17NOSi. The Kier molecular flexibility index (Phi) is 4.35. The van der Waals surface area contributed by atoms with Gasteiger partial charge in [0.05, 0.1) is 9.52 Å². The number of nitrogens with zero attached hydrogens (tertiary/aromatic N) is 1. The van der Waals surface area contributed by atoms with Crippen LogP contribution in [0.5, 0.6) is 0 Å². The van der Waals surface area contributed by atoms with Crippen LogP contribution in [0.25, 0.3) is 0 Å². The molecule has 0 bridgehead atoms. The van der Waals surface area contributed by atoms with Crippen LogP contribution in [-0.4, -0.2) is 21.5 Å². The summed E-state index contributed by atoms with van der Waals surface area (Å²) in [5.41, 5.74) is 0. The predicted octanol–water partition coefficient (Wildman–Crippen LogP) is 1.35. The van der Waals surface area contributed by atoms with Gasteiger partial charge in [-0.15, -0.1) is 5.16 Å². The Hall–Kier alpha value is -0.313. The van der Waals surface area contributed by atoms with Crippen molar-refractivity contribution in [2.24, 2.45) is 5.16 Å². The highest BCUT2D eigenvalue weighted by Gasteiger charge is 2.25. The Bertz CT molecular complexity index is 93.5. The first-order valence-corrected chi connectivity index (χ1v) is 6.01. The van der Waals surface area contributed by atoms with E-state index in [0.717, 1.165) is 12.8 Å². The van der Waals surface area contributed by atoms with Gasteiger partial charge < -0.3 is 4.84 Å². The lowest BCUT2D eigenvalue weighted by molar-refractivity contribution is 0.0165. The topological polar surface area (TPSA) is 21.6 Å². The second-order valence-electron chi connectivity index (χ2n) is 2.46. The van der Waals surface area contributed by atoms with Crippen LogP contribution in [0.1, 0.15) is 26.7 Å². The zero-order valence-corrected chi connectivity index (χ0v) is 8.60. The van der Waals surface area contributed by atoms with Crippen molar-refractivity contribution >= 4 is 16.2 Å². The molecule has 3 heteroatoms. The lowest BCUT2D eigenvalue weighted by Gasteiger charge is -2.26. The van der Waals surface area contributed by atoms with Gasteiger partial charge in [-0.05, 0) is 12.8 Å². The van der Waals surface area contributed by atoms with Crippen molar-refractivity contribution < 1.29 is 4.84 Å². The van der Waals surface area contributed by atoms with Crippen LogP contribution < -0.4 is 0 Å². The maximum absolute atomic E-state index is 5.25. The summed E-state index contributed by atoms with van der Waals surface area (Å²) in [4.78, 5) is 5.25. The Balaban J connectivity index is 4.00. The summed E-state index contributed by atoms with van der Waals surface area (Å²) in [6.07, 6.45) is 2.12. The van der Waals surface area contributed by atoms with E-state index in [1.807, 2.05) is 0 Å².